The summed E-state index contributed by atoms with van der Waals surface area (Å²) in [6, 6.07) is 0. The third-order valence-corrected chi connectivity index (χ3v) is 12.1. The molecule has 1 aliphatic heterocycles. The van der Waals surface area contributed by atoms with E-state index in [0.29, 0.717) is 19.3 Å². The van der Waals surface area contributed by atoms with Crippen LogP contribution in [0.2, 0.25) is 0 Å². The maximum Gasteiger partial charge on any atom is 0.331 e. The molecule has 0 aromatic heterocycles. The van der Waals surface area contributed by atoms with E-state index in [1.165, 1.54) is 6.08 Å². The van der Waals surface area contributed by atoms with Crippen molar-refractivity contribution in [3.05, 3.63) is 11.6 Å². The van der Waals surface area contributed by atoms with Crippen LogP contribution < -0.4 is 0 Å². The predicted molar refractivity (Wildman–Crippen MR) is 153 cm³/mol. The highest BCUT2D eigenvalue weighted by atomic mass is 131. The van der Waals surface area contributed by atoms with Gasteiger partial charge in [-0.1, -0.05) is 52.1 Å². The summed E-state index contributed by atoms with van der Waals surface area (Å²) < 4.78 is 17.0. The van der Waals surface area contributed by atoms with Gasteiger partial charge in [0.2, 0.25) is 0 Å². The highest BCUT2D eigenvalue weighted by Crippen LogP contribution is 2.71. The van der Waals surface area contributed by atoms with Crippen molar-refractivity contribution < 1.29 is 49.0 Å². The first-order valence-corrected chi connectivity index (χ1v) is 16.6. The Bertz CT molecular complexity index is 1070. The number of fused-ring (bicyclic) bond motifs is 5. The van der Waals surface area contributed by atoms with Crippen molar-refractivity contribution in [1.82, 2.24) is 0 Å². The minimum Gasteiger partial charge on any atom is -0.462 e. The molecular formula is C27H36I2O10. The average molecular weight is 782 g/mol. The minimum atomic E-state index is -1.61. The van der Waals surface area contributed by atoms with Gasteiger partial charge in [0.15, 0.2) is 0 Å². The van der Waals surface area contributed by atoms with E-state index in [2.05, 4.69) is 0 Å². The van der Waals surface area contributed by atoms with Crippen LogP contribution in [0.25, 0.3) is 0 Å². The molecule has 39 heavy (non-hydrogen) atoms. The molecule has 0 unspecified atom stereocenters. The fourth-order valence-corrected chi connectivity index (χ4v) is 9.61. The number of carbonyl (C=O) groups excluding carboxylic acids is 3. The second-order valence-corrected chi connectivity index (χ2v) is 13.8. The van der Waals surface area contributed by atoms with E-state index in [-0.39, 0.29) is 47.1 Å². The first-order chi connectivity index (χ1) is 18.4. The van der Waals surface area contributed by atoms with Crippen LogP contribution in [0, 0.1) is 28.6 Å². The Labute approximate surface area is 254 Å². The zero-order chi connectivity index (χ0) is 28.4. The van der Waals surface area contributed by atoms with Gasteiger partial charge in [-0.05, 0) is 49.5 Å². The van der Waals surface area contributed by atoms with Crippen molar-refractivity contribution in [2.75, 3.05) is 22.1 Å². The third-order valence-electron chi connectivity index (χ3n) is 10.8. The second kappa shape index (κ2) is 10.6. The maximum absolute atomic E-state index is 12.7. The van der Waals surface area contributed by atoms with Crippen molar-refractivity contribution in [2.45, 2.75) is 81.4 Å². The largest absolute Gasteiger partial charge is 0.462 e. The monoisotopic (exact) mass is 782 g/mol. The van der Waals surface area contributed by atoms with Crippen LogP contribution in [0.5, 0.6) is 0 Å². The highest BCUT2D eigenvalue weighted by Gasteiger charge is 2.76. The summed E-state index contributed by atoms with van der Waals surface area (Å²) >= 11 is 3.82. The van der Waals surface area contributed by atoms with Crippen LogP contribution in [-0.4, -0.2) is 89.9 Å². The predicted octanol–water partition coefficient (Wildman–Crippen LogP) is 1.60. The van der Waals surface area contributed by atoms with Gasteiger partial charge in [-0.15, -0.1) is 0 Å². The molecule has 10 atom stereocenters. The summed E-state index contributed by atoms with van der Waals surface area (Å²) in [5.41, 5.74) is -4.32. The second-order valence-electron chi connectivity index (χ2n) is 12.2. The van der Waals surface area contributed by atoms with Crippen LogP contribution in [0.1, 0.15) is 51.9 Å². The van der Waals surface area contributed by atoms with Crippen LogP contribution in [-0.2, 0) is 28.6 Å². The van der Waals surface area contributed by atoms with Crippen molar-refractivity contribution in [3.8, 4) is 0 Å². The Balaban J connectivity index is 1.58. The number of aliphatic hydroxyl groups is 4. The molecule has 12 heteroatoms. The zero-order valence-corrected chi connectivity index (χ0v) is 26.1. The van der Waals surface area contributed by atoms with Crippen molar-refractivity contribution in [3.63, 3.8) is 0 Å². The average Bonchev–Trinajstić information content (AvgIpc) is 3.43. The number of hydrogen-bond acceptors (Lipinski definition) is 10. The molecule has 1 heterocycles. The molecule has 5 aliphatic rings. The van der Waals surface area contributed by atoms with E-state index < -0.39 is 76.7 Å². The number of esters is 3. The number of halogens is 2. The Morgan fingerprint density at radius 2 is 1.79 bits per heavy atom. The third kappa shape index (κ3) is 4.40. The van der Waals surface area contributed by atoms with Crippen LogP contribution in [0.4, 0.5) is 0 Å². The summed E-state index contributed by atoms with van der Waals surface area (Å²) in [5.74, 6) is -2.72. The molecule has 4 fully saturated rings. The summed E-state index contributed by atoms with van der Waals surface area (Å²) in [7, 11) is 0. The molecule has 0 saturated heterocycles. The number of cyclic esters (lactones) is 1. The van der Waals surface area contributed by atoms with E-state index >= 15 is 0 Å². The normalized spacial score (nSPS) is 46.8. The lowest BCUT2D eigenvalue weighted by molar-refractivity contribution is -0.318. The van der Waals surface area contributed by atoms with Gasteiger partial charge in [0.1, 0.15) is 18.8 Å². The van der Waals surface area contributed by atoms with E-state index in [1.54, 1.807) is 0 Å². The number of hydrogen-bond donors (Lipinski definition) is 4. The summed E-state index contributed by atoms with van der Waals surface area (Å²) in [4.78, 5) is 36.7. The zero-order valence-electron chi connectivity index (χ0n) is 21.8. The van der Waals surface area contributed by atoms with Gasteiger partial charge in [0.05, 0.1) is 38.2 Å². The maximum atomic E-state index is 12.7. The number of ether oxygens (including phenoxy) is 3. The van der Waals surface area contributed by atoms with Gasteiger partial charge >= 0.3 is 17.9 Å². The lowest BCUT2D eigenvalue weighted by Gasteiger charge is -2.68. The molecule has 0 radical (unpaired) electrons. The Morgan fingerprint density at radius 3 is 2.41 bits per heavy atom. The number of aliphatic hydroxyl groups excluding tert-OH is 2. The van der Waals surface area contributed by atoms with Gasteiger partial charge in [-0.2, -0.15) is 0 Å². The quantitative estimate of drug-likeness (QED) is 0.135. The van der Waals surface area contributed by atoms with Gasteiger partial charge < -0.3 is 34.6 Å². The summed E-state index contributed by atoms with van der Waals surface area (Å²) in [5, 5.41) is 47.4. The Kier molecular flexibility index (Phi) is 8.15. The fraction of sp³-hybridized carbons (Fsp3) is 0.815. The smallest absolute Gasteiger partial charge is 0.331 e. The molecule has 4 N–H and O–H groups in total. The Morgan fingerprint density at radius 1 is 1.10 bits per heavy atom. The fourth-order valence-electron chi connectivity index (χ4n) is 9.25. The highest BCUT2D eigenvalue weighted by molar-refractivity contribution is 14.1. The van der Waals surface area contributed by atoms with Crippen molar-refractivity contribution in [2.24, 2.45) is 28.6 Å². The lowest BCUT2D eigenvalue weighted by Crippen LogP contribution is -2.76. The molecule has 0 amide bonds. The van der Waals surface area contributed by atoms with Crippen LogP contribution in [0.15, 0.2) is 11.6 Å². The van der Waals surface area contributed by atoms with Crippen LogP contribution >= 0.6 is 45.2 Å². The Hall–Kier alpha value is -0.550. The molecule has 0 aromatic carbocycles. The molecule has 4 aliphatic carbocycles. The van der Waals surface area contributed by atoms with Crippen molar-refractivity contribution in [1.29, 1.82) is 0 Å². The molecule has 10 nitrogen and oxygen atoms in total. The molecule has 4 saturated carbocycles. The van der Waals surface area contributed by atoms with Gasteiger partial charge in [-0.3, -0.25) is 9.59 Å². The van der Waals surface area contributed by atoms with Crippen LogP contribution in [0.3, 0.4) is 0 Å². The first kappa shape index (κ1) is 29.9. The van der Waals surface area contributed by atoms with Gasteiger partial charge in [0, 0.05) is 30.3 Å². The topological polar surface area (TPSA) is 160 Å². The first-order valence-electron chi connectivity index (χ1n) is 13.5. The molecule has 0 spiro atoms. The summed E-state index contributed by atoms with van der Waals surface area (Å²) in [6.45, 7) is 1.55. The molecular weight excluding hydrogens is 746 g/mol. The number of alkyl halides is 2. The van der Waals surface area contributed by atoms with E-state index in [9.17, 15) is 34.8 Å². The minimum absolute atomic E-state index is 0.0199. The number of carbonyl (C=O) groups is 3. The van der Waals surface area contributed by atoms with Gasteiger partial charge in [-0.25, -0.2) is 4.79 Å². The van der Waals surface area contributed by atoms with E-state index in [4.69, 9.17) is 14.2 Å². The van der Waals surface area contributed by atoms with Gasteiger partial charge in [0.25, 0.3) is 0 Å². The molecule has 218 valence electrons. The summed E-state index contributed by atoms with van der Waals surface area (Å²) in [6.07, 6.45) is 0.576. The molecule has 5 rings (SSSR count). The standard InChI is InChI=1S/C27H36I2O10/c1-24-9-18(39-22(34)11-29)23-17(27(24,36)5-3-16(24)14-6-20(32)37-12-14)2-4-25(35)8-15(38-21(33)10-28)7-19(31)26(23,25)13-30/h6,15-19,23,30-31,35-36H,2-5,7-13H2,1H3/t15-,16+,17+,18+,19+,23+,24+,25-,26+,27-/m0/s1/i28+4,29+4. The lowest BCUT2D eigenvalue weighted by atomic mass is 9.40. The van der Waals surface area contributed by atoms with E-state index in [1.807, 2.05) is 52.1 Å². The molecule has 0 aromatic rings. The number of rotatable bonds is 6. The van der Waals surface area contributed by atoms with Crippen molar-refractivity contribution >= 4 is 63.1 Å². The molecule has 0 bridgehead atoms. The van der Waals surface area contributed by atoms with E-state index in [0.717, 1.165) is 5.57 Å². The SMILES string of the molecule is C[C@]12C[C@@H](OC(=O)C[131I])[C@H]3[C@@H](CC[C@]4(O)C[C@@H](OC(=O)C[131I])C[C@@H](O)[C@]34CO)[C@@]1(O)CC[C@@H]2C1=CC(=O)OC1.